The lowest BCUT2D eigenvalue weighted by Gasteiger charge is -2.34. The van der Waals surface area contributed by atoms with Gasteiger partial charge in [0.05, 0.1) is 5.70 Å². The van der Waals surface area contributed by atoms with Gasteiger partial charge in [-0.3, -0.25) is 4.79 Å². The number of aryl methyl sites for hydroxylation is 1. The Kier molecular flexibility index (Phi) is 4.98. The molecular formula is C26H29N3O. The summed E-state index contributed by atoms with van der Waals surface area (Å²) >= 11 is 0. The molecule has 1 aliphatic carbocycles. The van der Waals surface area contributed by atoms with Gasteiger partial charge in [0.2, 0.25) is 0 Å². The highest BCUT2D eigenvalue weighted by Crippen LogP contribution is 2.41. The van der Waals surface area contributed by atoms with Crippen molar-refractivity contribution in [1.82, 2.24) is 9.80 Å². The van der Waals surface area contributed by atoms with Crippen LogP contribution in [0, 0.1) is 0 Å². The highest BCUT2D eigenvalue weighted by atomic mass is 16.2. The number of carbonyl (C=O) groups excluding carboxylic acids is 1. The topological polar surface area (TPSA) is 26.8 Å². The molecule has 2 bridgehead atoms. The van der Waals surface area contributed by atoms with Gasteiger partial charge in [0, 0.05) is 55.1 Å². The van der Waals surface area contributed by atoms with Gasteiger partial charge in [-0.1, -0.05) is 37.3 Å². The maximum absolute atomic E-state index is 13.4. The van der Waals surface area contributed by atoms with Crippen LogP contribution in [0.4, 0.5) is 5.69 Å². The van der Waals surface area contributed by atoms with Crippen molar-refractivity contribution in [2.45, 2.75) is 26.2 Å². The van der Waals surface area contributed by atoms with Crippen LogP contribution >= 0.6 is 0 Å². The molecule has 1 fully saturated rings. The molecule has 30 heavy (non-hydrogen) atoms. The second kappa shape index (κ2) is 7.79. The number of likely N-dealkylation sites (N-methyl/N-ethyl adjacent to an activating group) is 1. The molecule has 0 spiro atoms. The molecule has 0 aromatic heterocycles. The number of hydrogen-bond acceptors (Lipinski definition) is 3. The first-order chi connectivity index (χ1) is 14.6. The summed E-state index contributed by atoms with van der Waals surface area (Å²) in [5.74, 6) is 0.0901. The fraction of sp³-hybridized carbons (Fsp3) is 0.385. The van der Waals surface area contributed by atoms with Crippen molar-refractivity contribution in [3.05, 3.63) is 70.4 Å². The van der Waals surface area contributed by atoms with Crippen LogP contribution in [0.15, 0.2) is 48.2 Å². The predicted molar refractivity (Wildman–Crippen MR) is 123 cm³/mol. The summed E-state index contributed by atoms with van der Waals surface area (Å²) in [4.78, 5) is 20.2. The number of fused-ring (bicyclic) bond motifs is 3. The van der Waals surface area contributed by atoms with E-state index < -0.39 is 0 Å². The minimum absolute atomic E-state index is 0.0901. The Morgan fingerprint density at radius 1 is 1.00 bits per heavy atom. The minimum atomic E-state index is 0.0901. The van der Waals surface area contributed by atoms with Gasteiger partial charge >= 0.3 is 0 Å². The Balaban J connectivity index is 1.44. The summed E-state index contributed by atoms with van der Waals surface area (Å²) < 4.78 is 0. The third-order valence-corrected chi connectivity index (χ3v) is 6.53. The van der Waals surface area contributed by atoms with E-state index in [0.29, 0.717) is 0 Å². The normalized spacial score (nSPS) is 18.2. The van der Waals surface area contributed by atoms with Crippen LogP contribution in [-0.2, 0) is 6.42 Å². The van der Waals surface area contributed by atoms with Crippen LogP contribution in [0.1, 0.15) is 46.8 Å². The zero-order valence-electron chi connectivity index (χ0n) is 17.9. The lowest BCUT2D eigenvalue weighted by atomic mass is 10.0. The Hall–Kier alpha value is -2.81. The van der Waals surface area contributed by atoms with Crippen LogP contribution in [0.5, 0.6) is 0 Å². The largest absolute Gasteiger partial charge is 0.369 e. The molecule has 4 nitrogen and oxygen atoms in total. The summed E-state index contributed by atoms with van der Waals surface area (Å²) in [5, 5.41) is 0. The molecule has 0 atom stereocenters. The Morgan fingerprint density at radius 3 is 2.63 bits per heavy atom. The number of hydrogen-bond donors (Lipinski definition) is 0. The SMILES string of the molecule is CCCc1cccc(C(=O)N2CCC3=C=C2c2cc(N4CCN(C)CC4)ccc23)c1. The van der Waals surface area contributed by atoms with Crippen molar-refractivity contribution in [2.24, 2.45) is 0 Å². The summed E-state index contributed by atoms with van der Waals surface area (Å²) in [6.07, 6.45) is 2.96. The van der Waals surface area contributed by atoms with E-state index in [1.807, 2.05) is 17.0 Å². The average Bonchev–Trinajstić information content (AvgIpc) is 3.06. The molecule has 0 N–H and O–H groups in total. The molecule has 2 aromatic rings. The molecule has 2 aromatic carbocycles. The molecule has 5 rings (SSSR count). The summed E-state index contributed by atoms with van der Waals surface area (Å²) in [6.45, 7) is 7.16. The molecule has 2 aliphatic heterocycles. The Labute approximate surface area is 179 Å². The van der Waals surface area contributed by atoms with Crippen molar-refractivity contribution in [1.29, 1.82) is 0 Å². The monoisotopic (exact) mass is 399 g/mol. The first-order valence-corrected chi connectivity index (χ1v) is 11.1. The van der Waals surface area contributed by atoms with Crippen LogP contribution in [0.3, 0.4) is 0 Å². The van der Waals surface area contributed by atoms with Crippen LogP contribution < -0.4 is 4.90 Å². The van der Waals surface area contributed by atoms with E-state index in [-0.39, 0.29) is 5.91 Å². The molecular weight excluding hydrogens is 370 g/mol. The van der Waals surface area contributed by atoms with E-state index in [0.717, 1.165) is 68.8 Å². The first kappa shape index (κ1) is 19.2. The summed E-state index contributed by atoms with van der Waals surface area (Å²) in [5.41, 5.74) is 11.4. The number of benzene rings is 2. The van der Waals surface area contributed by atoms with E-state index in [2.05, 4.69) is 59.8 Å². The van der Waals surface area contributed by atoms with Crippen molar-refractivity contribution >= 4 is 22.9 Å². The Bertz CT molecular complexity index is 1060. The molecule has 3 aliphatic rings. The fourth-order valence-corrected chi connectivity index (χ4v) is 4.78. The van der Waals surface area contributed by atoms with Crippen LogP contribution in [0.25, 0.3) is 11.3 Å². The van der Waals surface area contributed by atoms with Crippen molar-refractivity contribution < 1.29 is 4.79 Å². The lowest BCUT2D eigenvalue weighted by molar-refractivity contribution is 0.0837. The standard InChI is InChI=1S/C26H29N3O/c1-3-5-19-6-4-7-21(16-19)26(30)29-11-10-20-17-25(29)24-18-22(8-9-23(20)24)28-14-12-27(2)13-15-28/h4,6-9,16,18H,3,5,10-15H2,1-2H3. The van der Waals surface area contributed by atoms with Gasteiger partial charge in [-0.05, 0) is 55.3 Å². The molecule has 0 saturated carbocycles. The number of rotatable bonds is 4. The molecule has 1 saturated heterocycles. The quantitative estimate of drug-likeness (QED) is 0.718. The molecule has 1 amide bonds. The van der Waals surface area contributed by atoms with E-state index in [9.17, 15) is 4.79 Å². The predicted octanol–water partition coefficient (Wildman–Crippen LogP) is 4.27. The van der Waals surface area contributed by atoms with E-state index in [1.165, 1.54) is 22.4 Å². The third kappa shape index (κ3) is 3.36. The summed E-state index contributed by atoms with van der Waals surface area (Å²) in [6, 6.07) is 14.9. The van der Waals surface area contributed by atoms with Gasteiger partial charge in [0.25, 0.3) is 5.91 Å². The molecule has 154 valence electrons. The van der Waals surface area contributed by atoms with Gasteiger partial charge in [0.1, 0.15) is 0 Å². The number of nitrogens with zero attached hydrogens (tertiary/aromatic N) is 3. The van der Waals surface area contributed by atoms with Crippen LogP contribution in [-0.4, -0.2) is 55.5 Å². The number of carbonyl (C=O) groups is 1. The lowest BCUT2D eigenvalue weighted by Crippen LogP contribution is -2.44. The maximum atomic E-state index is 13.4. The smallest absolute Gasteiger partial charge is 0.258 e. The molecule has 0 unspecified atom stereocenters. The highest BCUT2D eigenvalue weighted by Gasteiger charge is 2.32. The van der Waals surface area contributed by atoms with E-state index >= 15 is 0 Å². The van der Waals surface area contributed by atoms with Gasteiger partial charge in [-0.2, -0.15) is 0 Å². The van der Waals surface area contributed by atoms with Crippen molar-refractivity contribution in [3.8, 4) is 0 Å². The number of anilines is 1. The molecule has 4 heteroatoms. The zero-order chi connectivity index (χ0) is 20.7. The maximum Gasteiger partial charge on any atom is 0.258 e. The number of piperazine rings is 1. The summed E-state index contributed by atoms with van der Waals surface area (Å²) in [7, 11) is 2.18. The van der Waals surface area contributed by atoms with Gasteiger partial charge in [-0.15, -0.1) is 0 Å². The van der Waals surface area contributed by atoms with Gasteiger partial charge < -0.3 is 14.7 Å². The minimum Gasteiger partial charge on any atom is -0.369 e. The van der Waals surface area contributed by atoms with E-state index in [1.54, 1.807) is 0 Å². The molecule has 2 heterocycles. The van der Waals surface area contributed by atoms with Gasteiger partial charge in [-0.25, -0.2) is 0 Å². The second-order valence-corrected chi connectivity index (χ2v) is 8.63. The Morgan fingerprint density at radius 2 is 1.83 bits per heavy atom. The first-order valence-electron chi connectivity index (χ1n) is 11.1. The van der Waals surface area contributed by atoms with Crippen molar-refractivity contribution in [2.75, 3.05) is 44.7 Å². The highest BCUT2D eigenvalue weighted by molar-refractivity contribution is 6.04. The fourth-order valence-electron chi connectivity index (χ4n) is 4.78. The number of amides is 1. The van der Waals surface area contributed by atoms with Crippen LogP contribution in [0.2, 0.25) is 0 Å². The molecule has 0 radical (unpaired) electrons. The van der Waals surface area contributed by atoms with E-state index in [4.69, 9.17) is 0 Å². The van der Waals surface area contributed by atoms with Gasteiger partial charge in [0.15, 0.2) is 0 Å². The zero-order valence-corrected chi connectivity index (χ0v) is 17.9. The average molecular weight is 400 g/mol. The third-order valence-electron chi connectivity index (χ3n) is 6.53. The second-order valence-electron chi connectivity index (χ2n) is 8.63. The van der Waals surface area contributed by atoms with Crippen molar-refractivity contribution in [3.63, 3.8) is 0 Å².